The van der Waals surface area contributed by atoms with E-state index in [9.17, 15) is 28.3 Å². The number of amides is 2. The van der Waals surface area contributed by atoms with Crippen molar-refractivity contribution < 1.29 is 33.5 Å². The molecule has 0 aliphatic heterocycles. The normalized spacial score (nSPS) is 19.7. The Kier molecular flexibility index (Phi) is 8.83. The SMILES string of the molecule is C=C.CC(=O)C1CC1C#Cc1ccc(C(=O)N[C@H](C(=O)NO)[C@](C)(O)C(F)F)cc1. The maximum atomic E-state index is 13.0. The van der Waals surface area contributed by atoms with Gasteiger partial charge in [-0.1, -0.05) is 11.8 Å². The third kappa shape index (κ3) is 6.20. The molecule has 0 spiro atoms. The summed E-state index contributed by atoms with van der Waals surface area (Å²) in [5.41, 5.74) is -1.12. The fourth-order valence-electron chi connectivity index (χ4n) is 2.57. The fourth-order valence-corrected chi connectivity index (χ4v) is 2.57. The summed E-state index contributed by atoms with van der Waals surface area (Å²) in [5, 5.41) is 20.5. The average molecular weight is 422 g/mol. The molecule has 7 nitrogen and oxygen atoms in total. The van der Waals surface area contributed by atoms with E-state index < -0.39 is 29.9 Å². The van der Waals surface area contributed by atoms with Crippen LogP contribution in [0.25, 0.3) is 0 Å². The van der Waals surface area contributed by atoms with Gasteiger partial charge in [0, 0.05) is 23.0 Å². The van der Waals surface area contributed by atoms with Gasteiger partial charge < -0.3 is 10.4 Å². The molecule has 0 aromatic heterocycles. The Morgan fingerprint density at radius 1 is 1.23 bits per heavy atom. The molecule has 0 saturated heterocycles. The van der Waals surface area contributed by atoms with Crippen molar-refractivity contribution in [3.8, 4) is 11.8 Å². The van der Waals surface area contributed by atoms with Crippen molar-refractivity contribution in [3.05, 3.63) is 48.6 Å². The molecule has 4 N–H and O–H groups in total. The predicted molar refractivity (Wildman–Crippen MR) is 105 cm³/mol. The van der Waals surface area contributed by atoms with Crippen LogP contribution in [0.1, 0.15) is 36.2 Å². The number of hydrogen-bond acceptors (Lipinski definition) is 5. The molecule has 30 heavy (non-hydrogen) atoms. The number of nitrogens with one attached hydrogen (secondary N) is 2. The predicted octanol–water partition coefficient (Wildman–Crippen LogP) is 1.69. The van der Waals surface area contributed by atoms with Crippen LogP contribution in [0.5, 0.6) is 0 Å². The zero-order valence-corrected chi connectivity index (χ0v) is 16.6. The molecule has 4 atom stereocenters. The van der Waals surface area contributed by atoms with Crippen LogP contribution in [0.3, 0.4) is 0 Å². The molecule has 1 saturated carbocycles. The zero-order chi connectivity index (χ0) is 23.1. The van der Waals surface area contributed by atoms with Crippen molar-refractivity contribution >= 4 is 17.6 Å². The van der Waals surface area contributed by atoms with Crippen LogP contribution in [0, 0.1) is 23.7 Å². The second kappa shape index (κ2) is 10.6. The number of hydrogen-bond donors (Lipinski definition) is 4. The van der Waals surface area contributed by atoms with Gasteiger partial charge in [-0.3, -0.25) is 19.6 Å². The smallest absolute Gasteiger partial charge is 0.269 e. The van der Waals surface area contributed by atoms with E-state index in [1.807, 2.05) is 5.32 Å². The Morgan fingerprint density at radius 3 is 2.23 bits per heavy atom. The summed E-state index contributed by atoms with van der Waals surface area (Å²) in [7, 11) is 0. The Hall–Kier alpha value is -3.09. The molecule has 2 amide bonds. The number of hydroxylamine groups is 1. The van der Waals surface area contributed by atoms with Gasteiger partial charge in [-0.2, -0.15) is 0 Å². The number of Topliss-reactive ketones (excluding diaryl/α,β-unsaturated/α-hetero) is 1. The van der Waals surface area contributed by atoms with Crippen LogP contribution in [-0.2, 0) is 9.59 Å². The maximum Gasteiger partial charge on any atom is 0.269 e. The number of benzene rings is 1. The van der Waals surface area contributed by atoms with Gasteiger partial charge in [-0.05, 0) is 44.5 Å². The number of rotatable bonds is 6. The topological polar surface area (TPSA) is 116 Å². The van der Waals surface area contributed by atoms with E-state index >= 15 is 0 Å². The Morgan fingerprint density at radius 2 is 1.80 bits per heavy atom. The monoisotopic (exact) mass is 422 g/mol. The molecule has 1 aliphatic rings. The fraction of sp³-hybridized carbons (Fsp3) is 0.381. The average Bonchev–Trinajstić information content (AvgIpc) is 3.51. The van der Waals surface area contributed by atoms with E-state index in [0.29, 0.717) is 12.5 Å². The van der Waals surface area contributed by atoms with Gasteiger partial charge in [0.1, 0.15) is 11.8 Å². The number of halogens is 2. The van der Waals surface area contributed by atoms with Crippen molar-refractivity contribution in [2.24, 2.45) is 11.8 Å². The number of carbonyl (C=O) groups excluding carboxylic acids is 3. The minimum atomic E-state index is -3.35. The van der Waals surface area contributed by atoms with Crippen LogP contribution in [0.15, 0.2) is 37.4 Å². The van der Waals surface area contributed by atoms with E-state index in [-0.39, 0.29) is 23.2 Å². The van der Waals surface area contributed by atoms with Crippen LogP contribution in [0.2, 0.25) is 0 Å². The van der Waals surface area contributed by atoms with Gasteiger partial charge in [-0.15, -0.1) is 13.2 Å². The number of ketones is 1. The van der Waals surface area contributed by atoms with Gasteiger partial charge in [0.15, 0.2) is 5.60 Å². The lowest BCUT2D eigenvalue weighted by molar-refractivity contribution is -0.149. The van der Waals surface area contributed by atoms with Crippen molar-refractivity contribution in [2.45, 2.75) is 38.3 Å². The molecule has 0 bridgehead atoms. The lowest BCUT2D eigenvalue weighted by Crippen LogP contribution is -2.61. The zero-order valence-electron chi connectivity index (χ0n) is 16.6. The number of aliphatic hydroxyl groups is 1. The van der Waals surface area contributed by atoms with Gasteiger partial charge >= 0.3 is 0 Å². The summed E-state index contributed by atoms with van der Waals surface area (Å²) in [4.78, 5) is 35.0. The molecule has 0 radical (unpaired) electrons. The first kappa shape index (κ1) is 24.9. The molecular weight excluding hydrogens is 398 g/mol. The molecule has 9 heteroatoms. The summed E-state index contributed by atoms with van der Waals surface area (Å²) >= 11 is 0. The van der Waals surface area contributed by atoms with Crippen molar-refractivity contribution in [1.82, 2.24) is 10.8 Å². The standard InChI is InChI=1S/C19H20F2N2O5.C2H4/c1-10(24)14-9-13(14)8-5-11-3-6-12(7-4-11)16(25)22-15(17(26)23-28)19(2,27)18(20)21;1-2/h3-4,6-7,13-15,18,27-28H,9H2,1-2H3,(H,22,25)(H,23,26);1-2H2/t13?,14?,15-,19+;/m1./s1. The molecule has 1 aromatic carbocycles. The van der Waals surface area contributed by atoms with Gasteiger partial charge in [-0.25, -0.2) is 14.3 Å². The van der Waals surface area contributed by atoms with Gasteiger partial charge in [0.05, 0.1) is 0 Å². The van der Waals surface area contributed by atoms with E-state index in [0.717, 1.165) is 11.9 Å². The van der Waals surface area contributed by atoms with Crippen molar-refractivity contribution in [2.75, 3.05) is 0 Å². The molecule has 1 aliphatic carbocycles. The molecule has 0 heterocycles. The lowest BCUT2D eigenvalue weighted by Gasteiger charge is -2.30. The highest BCUT2D eigenvalue weighted by molar-refractivity contribution is 5.97. The van der Waals surface area contributed by atoms with E-state index in [2.05, 4.69) is 25.0 Å². The second-order valence-electron chi connectivity index (χ2n) is 6.82. The first-order valence-corrected chi connectivity index (χ1v) is 8.95. The van der Waals surface area contributed by atoms with Gasteiger partial charge in [0.2, 0.25) is 0 Å². The van der Waals surface area contributed by atoms with E-state index in [1.165, 1.54) is 31.2 Å². The third-order valence-electron chi connectivity index (χ3n) is 4.54. The van der Waals surface area contributed by atoms with E-state index in [1.54, 1.807) is 0 Å². The summed E-state index contributed by atoms with van der Waals surface area (Å²) in [6.45, 7) is 8.19. The van der Waals surface area contributed by atoms with Crippen LogP contribution in [0.4, 0.5) is 8.78 Å². The Bertz CT molecular complexity index is 843. The van der Waals surface area contributed by atoms with Crippen LogP contribution < -0.4 is 10.8 Å². The summed E-state index contributed by atoms with van der Waals surface area (Å²) < 4.78 is 26.0. The number of carbonyl (C=O) groups is 3. The highest BCUT2D eigenvalue weighted by atomic mass is 19.3. The van der Waals surface area contributed by atoms with Crippen molar-refractivity contribution in [1.29, 1.82) is 0 Å². The quantitative estimate of drug-likeness (QED) is 0.241. The highest BCUT2D eigenvalue weighted by Crippen LogP contribution is 2.38. The highest BCUT2D eigenvalue weighted by Gasteiger charge is 2.46. The minimum absolute atomic E-state index is 0.0187. The lowest BCUT2D eigenvalue weighted by atomic mass is 9.95. The van der Waals surface area contributed by atoms with Crippen LogP contribution >= 0.6 is 0 Å². The molecule has 1 aromatic rings. The third-order valence-corrected chi connectivity index (χ3v) is 4.54. The maximum absolute atomic E-state index is 13.0. The Balaban J connectivity index is 0.00000218. The molecular formula is C21H24F2N2O5. The molecule has 2 rings (SSSR count). The van der Waals surface area contributed by atoms with Crippen LogP contribution in [-0.4, -0.2) is 46.0 Å². The first-order valence-electron chi connectivity index (χ1n) is 8.95. The second-order valence-corrected chi connectivity index (χ2v) is 6.82. The first-order chi connectivity index (χ1) is 14.1. The van der Waals surface area contributed by atoms with E-state index in [4.69, 9.17) is 5.21 Å². The summed E-state index contributed by atoms with van der Waals surface area (Å²) in [6, 6.07) is 3.72. The largest absolute Gasteiger partial charge is 0.381 e. The molecule has 2 unspecified atom stereocenters. The summed E-state index contributed by atoms with van der Waals surface area (Å²) in [6.07, 6.45) is -2.62. The summed E-state index contributed by atoms with van der Waals surface area (Å²) in [5.74, 6) is 3.71. The molecule has 162 valence electrons. The van der Waals surface area contributed by atoms with Gasteiger partial charge in [0.25, 0.3) is 18.2 Å². The minimum Gasteiger partial charge on any atom is -0.381 e. The molecule has 1 fully saturated rings. The Labute approximate surface area is 173 Å². The number of alkyl halides is 2. The van der Waals surface area contributed by atoms with Crippen molar-refractivity contribution in [3.63, 3.8) is 0 Å².